The topological polar surface area (TPSA) is 131 Å². The van der Waals surface area contributed by atoms with Crippen molar-refractivity contribution in [2.45, 2.75) is 18.2 Å². The fraction of sp³-hybridized carbons (Fsp3) is 0.222. The average Bonchev–Trinajstić information content (AvgIpc) is 2.66. The fourth-order valence-electron chi connectivity index (χ4n) is 2.47. The molecule has 0 atom stereocenters. The van der Waals surface area contributed by atoms with Crippen molar-refractivity contribution in [1.82, 2.24) is 0 Å². The molecule has 0 aliphatic rings. The zero-order valence-electron chi connectivity index (χ0n) is 15.2. The lowest BCUT2D eigenvalue weighted by Crippen LogP contribution is -2.36. The highest BCUT2D eigenvalue weighted by Crippen LogP contribution is 2.28. The molecule has 0 amide bonds. The first-order valence-electron chi connectivity index (χ1n) is 8.01. The van der Waals surface area contributed by atoms with Crippen molar-refractivity contribution < 1.29 is 22.9 Å². The molecule has 2 aromatic carbocycles. The van der Waals surface area contributed by atoms with Crippen LogP contribution in [0.25, 0.3) is 0 Å². The summed E-state index contributed by atoms with van der Waals surface area (Å²) in [5.41, 5.74) is 0.749. The number of carbonyl (C=O) groups excluding carboxylic acids is 1. The molecular formula is C18H17N3O6S. The zero-order valence-corrected chi connectivity index (χ0v) is 16.0. The summed E-state index contributed by atoms with van der Waals surface area (Å²) in [5, 5.41) is 19.8. The Balaban J connectivity index is 2.59. The van der Waals surface area contributed by atoms with Gasteiger partial charge in [0.25, 0.3) is 15.7 Å². The van der Waals surface area contributed by atoms with Gasteiger partial charge in [-0.25, -0.2) is 8.42 Å². The van der Waals surface area contributed by atoms with Crippen LogP contribution in [-0.2, 0) is 26.0 Å². The van der Waals surface area contributed by atoms with Gasteiger partial charge in [0.15, 0.2) is 0 Å². The number of nitrogens with zero attached hydrogens (tertiary/aromatic N) is 3. The van der Waals surface area contributed by atoms with Crippen molar-refractivity contribution in [3.05, 3.63) is 63.7 Å². The summed E-state index contributed by atoms with van der Waals surface area (Å²) in [6, 6.07) is 11.5. The molecule has 0 aliphatic heterocycles. The van der Waals surface area contributed by atoms with Crippen molar-refractivity contribution in [2.75, 3.05) is 18.0 Å². The molecule has 146 valence electrons. The predicted octanol–water partition coefficient (Wildman–Crippen LogP) is 2.34. The fourth-order valence-corrected chi connectivity index (χ4v) is 4.12. The zero-order chi connectivity index (χ0) is 20.9. The molecule has 0 aliphatic carbocycles. The lowest BCUT2D eigenvalue weighted by Gasteiger charge is -2.24. The monoisotopic (exact) mass is 403 g/mol. The molecule has 0 radical (unpaired) electrons. The Morgan fingerprint density at radius 3 is 2.43 bits per heavy atom. The van der Waals surface area contributed by atoms with Gasteiger partial charge < -0.3 is 4.74 Å². The van der Waals surface area contributed by atoms with E-state index in [9.17, 15) is 23.3 Å². The molecular weight excluding hydrogens is 386 g/mol. The van der Waals surface area contributed by atoms with E-state index in [0.29, 0.717) is 11.1 Å². The van der Waals surface area contributed by atoms with Gasteiger partial charge in [-0.15, -0.1) is 0 Å². The summed E-state index contributed by atoms with van der Waals surface area (Å²) >= 11 is 0. The van der Waals surface area contributed by atoms with E-state index in [1.54, 1.807) is 12.1 Å². The number of nitriles is 1. The van der Waals surface area contributed by atoms with Crippen LogP contribution < -0.4 is 4.31 Å². The number of nitro groups is 1. The van der Waals surface area contributed by atoms with Gasteiger partial charge in [0.05, 0.1) is 35.1 Å². The second-order valence-corrected chi connectivity index (χ2v) is 7.63. The van der Waals surface area contributed by atoms with Gasteiger partial charge in [0, 0.05) is 12.1 Å². The summed E-state index contributed by atoms with van der Waals surface area (Å²) in [7, 11) is -3.18. The Labute approximate surface area is 162 Å². The summed E-state index contributed by atoms with van der Waals surface area (Å²) in [4.78, 5) is 21.9. The highest BCUT2D eigenvalue weighted by atomic mass is 32.2. The number of rotatable bonds is 7. The standard InChI is InChI=1S/C18H17N3O6S/c1-13-3-6-16(21(23)24)11-17(13)28(25,26)20(12-18(22)27-2)15-7-4-14(5-8-15)9-10-19/h3-8,11H,9,12H2,1-2H3. The molecule has 0 N–H and O–H groups in total. The second kappa shape index (κ2) is 8.49. The van der Waals surface area contributed by atoms with Crippen molar-refractivity contribution in [1.29, 1.82) is 5.26 Å². The van der Waals surface area contributed by atoms with E-state index in [4.69, 9.17) is 5.26 Å². The van der Waals surface area contributed by atoms with Gasteiger partial charge >= 0.3 is 5.97 Å². The average molecular weight is 403 g/mol. The summed E-state index contributed by atoms with van der Waals surface area (Å²) in [6.07, 6.45) is 0.147. The number of benzene rings is 2. The highest BCUT2D eigenvalue weighted by molar-refractivity contribution is 7.93. The Hall–Kier alpha value is -3.45. The maximum atomic E-state index is 13.2. The van der Waals surface area contributed by atoms with Gasteiger partial charge in [-0.05, 0) is 30.2 Å². The van der Waals surface area contributed by atoms with Crippen LogP contribution in [0.4, 0.5) is 11.4 Å². The minimum Gasteiger partial charge on any atom is -0.468 e. The third-order valence-electron chi connectivity index (χ3n) is 3.96. The van der Waals surface area contributed by atoms with Gasteiger partial charge in [0.2, 0.25) is 0 Å². The molecule has 0 heterocycles. The largest absolute Gasteiger partial charge is 0.468 e. The van der Waals surface area contributed by atoms with Gasteiger partial charge in [0.1, 0.15) is 6.54 Å². The number of hydrogen-bond donors (Lipinski definition) is 0. The number of carbonyl (C=O) groups is 1. The van der Waals surface area contributed by atoms with E-state index in [1.165, 1.54) is 31.2 Å². The number of sulfonamides is 1. The summed E-state index contributed by atoms with van der Waals surface area (Å²) in [6.45, 7) is 0.890. The number of non-ortho nitro benzene ring substituents is 1. The van der Waals surface area contributed by atoms with Crippen LogP contribution in [0.2, 0.25) is 0 Å². The maximum absolute atomic E-state index is 13.2. The Morgan fingerprint density at radius 2 is 1.89 bits per heavy atom. The molecule has 0 bridgehead atoms. The molecule has 2 aromatic rings. The van der Waals surface area contributed by atoms with E-state index in [0.717, 1.165) is 17.5 Å². The van der Waals surface area contributed by atoms with E-state index in [-0.39, 0.29) is 22.7 Å². The van der Waals surface area contributed by atoms with E-state index < -0.39 is 27.5 Å². The predicted molar refractivity (Wildman–Crippen MR) is 100 cm³/mol. The van der Waals surface area contributed by atoms with Gasteiger partial charge in [-0.3, -0.25) is 19.2 Å². The lowest BCUT2D eigenvalue weighted by molar-refractivity contribution is -0.385. The van der Waals surface area contributed by atoms with Gasteiger partial charge in [-0.2, -0.15) is 5.26 Å². The first-order valence-corrected chi connectivity index (χ1v) is 9.45. The molecule has 9 nitrogen and oxygen atoms in total. The highest BCUT2D eigenvalue weighted by Gasteiger charge is 2.30. The Kier molecular flexibility index (Phi) is 6.33. The minimum absolute atomic E-state index is 0.147. The summed E-state index contributed by atoms with van der Waals surface area (Å²) < 4.78 is 31.9. The number of ether oxygens (including phenoxy) is 1. The number of esters is 1. The number of methoxy groups -OCH3 is 1. The van der Waals surface area contributed by atoms with Crippen molar-refractivity contribution in [2.24, 2.45) is 0 Å². The summed E-state index contributed by atoms with van der Waals surface area (Å²) in [5.74, 6) is -0.798. The Morgan fingerprint density at radius 1 is 1.25 bits per heavy atom. The normalized spacial score (nSPS) is 10.8. The molecule has 0 fully saturated rings. The van der Waals surface area contributed by atoms with Crippen molar-refractivity contribution in [3.8, 4) is 6.07 Å². The Bertz CT molecular complexity index is 1040. The van der Waals surface area contributed by atoms with Crippen LogP contribution in [0.15, 0.2) is 47.4 Å². The number of anilines is 1. The third-order valence-corrected chi connectivity index (χ3v) is 5.87. The molecule has 28 heavy (non-hydrogen) atoms. The molecule has 0 spiro atoms. The molecule has 0 aromatic heterocycles. The molecule has 2 rings (SSSR count). The minimum atomic E-state index is -4.31. The quantitative estimate of drug-likeness (QED) is 0.394. The van der Waals surface area contributed by atoms with E-state index >= 15 is 0 Å². The van der Waals surface area contributed by atoms with Gasteiger partial charge in [-0.1, -0.05) is 18.2 Å². The van der Waals surface area contributed by atoms with Crippen LogP contribution in [0, 0.1) is 28.4 Å². The number of nitro benzene ring substituents is 1. The first kappa shape index (κ1) is 20.9. The molecule has 0 saturated carbocycles. The first-order chi connectivity index (χ1) is 13.2. The lowest BCUT2D eigenvalue weighted by atomic mass is 10.1. The number of hydrogen-bond acceptors (Lipinski definition) is 7. The molecule has 10 heteroatoms. The SMILES string of the molecule is COC(=O)CN(c1ccc(CC#N)cc1)S(=O)(=O)c1cc([N+](=O)[O-])ccc1C. The van der Waals surface area contributed by atoms with E-state index in [2.05, 4.69) is 4.74 Å². The number of aryl methyl sites for hydroxylation is 1. The van der Waals surface area contributed by atoms with Crippen molar-refractivity contribution in [3.63, 3.8) is 0 Å². The third kappa shape index (κ3) is 4.44. The molecule has 0 unspecified atom stereocenters. The maximum Gasteiger partial charge on any atom is 0.326 e. The van der Waals surface area contributed by atoms with Crippen molar-refractivity contribution >= 4 is 27.4 Å². The van der Waals surface area contributed by atoms with E-state index in [1.807, 2.05) is 6.07 Å². The second-order valence-electron chi connectivity index (χ2n) is 5.80. The smallest absolute Gasteiger partial charge is 0.326 e. The van der Waals surface area contributed by atoms with Crippen LogP contribution in [0.3, 0.4) is 0 Å². The molecule has 0 saturated heterocycles. The van der Waals surface area contributed by atoms with Crippen LogP contribution in [0.5, 0.6) is 0 Å². The van der Waals surface area contributed by atoms with Crippen LogP contribution in [0.1, 0.15) is 11.1 Å². The van der Waals surface area contributed by atoms with Crippen LogP contribution >= 0.6 is 0 Å². The van der Waals surface area contributed by atoms with Crippen LogP contribution in [-0.4, -0.2) is 33.0 Å².